The maximum absolute atomic E-state index is 12.6. The van der Waals surface area contributed by atoms with E-state index in [0.29, 0.717) is 25.2 Å². The van der Waals surface area contributed by atoms with Crippen LogP contribution in [0.4, 0.5) is 13.2 Å². The summed E-state index contributed by atoms with van der Waals surface area (Å²) < 4.78 is 41.6. The Balaban J connectivity index is 1.80. The predicted octanol–water partition coefficient (Wildman–Crippen LogP) is 2.99. The molecule has 0 aliphatic carbocycles. The molecule has 2 heterocycles. The highest BCUT2D eigenvalue weighted by Crippen LogP contribution is 2.28. The Kier molecular flexibility index (Phi) is 5.91. The summed E-state index contributed by atoms with van der Waals surface area (Å²) >= 11 is 3.40. The van der Waals surface area contributed by atoms with Gasteiger partial charge < -0.3 is 5.32 Å². The molecule has 0 aromatic carbocycles. The second-order valence-electron chi connectivity index (χ2n) is 5.74. The number of aryl methyl sites for hydroxylation is 3. The third kappa shape index (κ3) is 4.83. The van der Waals surface area contributed by atoms with Gasteiger partial charge in [0.2, 0.25) is 5.91 Å². The molecule has 0 spiro atoms. The summed E-state index contributed by atoms with van der Waals surface area (Å²) in [5.41, 5.74) is 1.20. The molecule has 2 aromatic rings. The topological polar surface area (TPSA) is 64.7 Å². The first-order chi connectivity index (χ1) is 11.6. The highest BCUT2D eigenvalue weighted by atomic mass is 79.9. The summed E-state index contributed by atoms with van der Waals surface area (Å²) in [6.07, 6.45) is -3.97. The smallest absolute Gasteiger partial charge is 0.354 e. The van der Waals surface area contributed by atoms with E-state index >= 15 is 0 Å². The molecule has 0 saturated carbocycles. The number of hydrogen-bond acceptors (Lipinski definition) is 3. The summed E-state index contributed by atoms with van der Waals surface area (Å²) in [7, 11) is 0. The zero-order valence-electron chi connectivity index (χ0n) is 14.1. The Morgan fingerprint density at radius 3 is 2.44 bits per heavy atom. The van der Waals surface area contributed by atoms with Gasteiger partial charge in [-0.05, 0) is 49.2 Å². The number of nitrogens with zero attached hydrogens (tertiary/aromatic N) is 4. The first-order valence-electron chi connectivity index (χ1n) is 7.67. The fraction of sp³-hybridized carbons (Fsp3) is 0.533. The molecular formula is C15H19BrF3N5O. The minimum Gasteiger partial charge on any atom is -0.354 e. The van der Waals surface area contributed by atoms with Gasteiger partial charge in [-0.25, -0.2) is 0 Å². The Hall–Kier alpha value is -1.84. The van der Waals surface area contributed by atoms with Crippen LogP contribution in [0.5, 0.6) is 0 Å². The molecule has 1 N–H and O–H groups in total. The van der Waals surface area contributed by atoms with Gasteiger partial charge in [0, 0.05) is 18.8 Å². The van der Waals surface area contributed by atoms with Crippen LogP contribution in [0.3, 0.4) is 0 Å². The Bertz CT molecular complexity index is 766. The van der Waals surface area contributed by atoms with Gasteiger partial charge in [-0.3, -0.25) is 14.2 Å². The molecule has 1 amide bonds. The number of amides is 1. The standard InChI is InChI=1S/C15H19BrF3N5O/c1-9-7-12(15(17,18)19)22-23(9)6-4-5-20-13(25)8-24-11(3)14(16)10(2)21-24/h7H,4-6,8H2,1-3H3,(H,20,25). The van der Waals surface area contributed by atoms with Gasteiger partial charge >= 0.3 is 6.18 Å². The molecule has 2 rings (SSSR count). The highest BCUT2D eigenvalue weighted by Gasteiger charge is 2.34. The van der Waals surface area contributed by atoms with Crippen LogP contribution in [-0.2, 0) is 24.1 Å². The van der Waals surface area contributed by atoms with Gasteiger partial charge in [-0.2, -0.15) is 23.4 Å². The van der Waals surface area contributed by atoms with Crippen LogP contribution in [0.15, 0.2) is 10.5 Å². The Labute approximate surface area is 151 Å². The van der Waals surface area contributed by atoms with E-state index < -0.39 is 11.9 Å². The van der Waals surface area contributed by atoms with Crippen LogP contribution < -0.4 is 5.32 Å². The molecule has 0 radical (unpaired) electrons. The summed E-state index contributed by atoms with van der Waals surface area (Å²) in [5, 5.41) is 10.5. The molecule has 0 bridgehead atoms. The zero-order chi connectivity index (χ0) is 18.8. The van der Waals surface area contributed by atoms with E-state index in [2.05, 4.69) is 31.4 Å². The van der Waals surface area contributed by atoms with Crippen molar-refractivity contribution in [3.63, 3.8) is 0 Å². The lowest BCUT2D eigenvalue weighted by atomic mass is 10.3. The van der Waals surface area contributed by atoms with Crippen LogP contribution >= 0.6 is 15.9 Å². The number of carbonyl (C=O) groups excluding carboxylic acids is 1. The number of rotatable bonds is 6. The van der Waals surface area contributed by atoms with Gasteiger partial charge in [-0.1, -0.05) is 0 Å². The third-order valence-electron chi connectivity index (χ3n) is 3.73. The second-order valence-corrected chi connectivity index (χ2v) is 6.53. The number of halogens is 4. The first-order valence-corrected chi connectivity index (χ1v) is 8.46. The minimum absolute atomic E-state index is 0.0945. The average molecular weight is 422 g/mol. The van der Waals surface area contributed by atoms with Crippen LogP contribution in [0.25, 0.3) is 0 Å². The molecule has 138 valence electrons. The van der Waals surface area contributed by atoms with Crippen LogP contribution in [0.2, 0.25) is 0 Å². The lowest BCUT2D eigenvalue weighted by Crippen LogP contribution is -2.29. The summed E-state index contributed by atoms with van der Waals surface area (Å²) in [4.78, 5) is 11.9. The number of aromatic nitrogens is 4. The Morgan fingerprint density at radius 2 is 1.92 bits per heavy atom. The van der Waals surface area contributed by atoms with Crippen molar-refractivity contribution in [3.05, 3.63) is 33.3 Å². The molecule has 0 atom stereocenters. The second kappa shape index (κ2) is 7.59. The molecule has 25 heavy (non-hydrogen) atoms. The number of alkyl halides is 3. The van der Waals surface area contributed by atoms with E-state index in [-0.39, 0.29) is 12.5 Å². The van der Waals surface area contributed by atoms with Crippen molar-refractivity contribution in [1.82, 2.24) is 24.9 Å². The summed E-state index contributed by atoms with van der Waals surface area (Å²) in [6, 6.07) is 1.01. The third-order valence-corrected chi connectivity index (χ3v) is 4.87. The number of nitrogens with one attached hydrogen (secondary N) is 1. The van der Waals surface area contributed by atoms with E-state index in [9.17, 15) is 18.0 Å². The lowest BCUT2D eigenvalue weighted by Gasteiger charge is -2.08. The van der Waals surface area contributed by atoms with Crippen molar-refractivity contribution < 1.29 is 18.0 Å². The van der Waals surface area contributed by atoms with Gasteiger partial charge in [-0.15, -0.1) is 0 Å². The first kappa shape index (κ1) is 19.5. The largest absolute Gasteiger partial charge is 0.435 e. The van der Waals surface area contributed by atoms with E-state index in [0.717, 1.165) is 21.9 Å². The minimum atomic E-state index is -4.45. The molecule has 0 saturated heterocycles. The number of carbonyl (C=O) groups is 1. The fourth-order valence-electron chi connectivity index (χ4n) is 2.35. The summed E-state index contributed by atoms with van der Waals surface area (Å²) in [6.45, 7) is 6.01. The quantitative estimate of drug-likeness (QED) is 0.729. The van der Waals surface area contributed by atoms with Crippen molar-refractivity contribution in [1.29, 1.82) is 0 Å². The van der Waals surface area contributed by atoms with Gasteiger partial charge in [0.1, 0.15) is 6.54 Å². The maximum Gasteiger partial charge on any atom is 0.435 e. The summed E-state index contributed by atoms with van der Waals surface area (Å²) in [5.74, 6) is -0.203. The van der Waals surface area contributed by atoms with Crippen LogP contribution in [0, 0.1) is 20.8 Å². The van der Waals surface area contributed by atoms with Crippen molar-refractivity contribution >= 4 is 21.8 Å². The lowest BCUT2D eigenvalue weighted by molar-refractivity contribution is -0.141. The van der Waals surface area contributed by atoms with Crippen molar-refractivity contribution in [2.45, 2.75) is 46.5 Å². The van der Waals surface area contributed by atoms with Gasteiger partial charge in [0.15, 0.2) is 5.69 Å². The monoisotopic (exact) mass is 421 g/mol. The fourth-order valence-corrected chi connectivity index (χ4v) is 2.64. The maximum atomic E-state index is 12.6. The molecule has 0 aliphatic heterocycles. The van der Waals surface area contributed by atoms with Crippen molar-refractivity contribution in [3.8, 4) is 0 Å². The van der Waals surface area contributed by atoms with E-state index in [1.165, 1.54) is 4.68 Å². The number of hydrogen-bond donors (Lipinski definition) is 1. The molecular weight excluding hydrogens is 403 g/mol. The predicted molar refractivity (Wildman–Crippen MR) is 89.0 cm³/mol. The Morgan fingerprint density at radius 1 is 1.24 bits per heavy atom. The van der Waals surface area contributed by atoms with Crippen molar-refractivity contribution in [2.24, 2.45) is 0 Å². The van der Waals surface area contributed by atoms with E-state index in [1.54, 1.807) is 11.6 Å². The molecule has 0 fully saturated rings. The molecule has 10 heteroatoms. The molecule has 0 unspecified atom stereocenters. The normalized spacial score (nSPS) is 11.8. The molecule has 0 aliphatic rings. The van der Waals surface area contributed by atoms with E-state index in [4.69, 9.17) is 0 Å². The van der Waals surface area contributed by atoms with Gasteiger partial charge in [0.25, 0.3) is 0 Å². The molecule has 2 aromatic heterocycles. The highest BCUT2D eigenvalue weighted by molar-refractivity contribution is 9.10. The van der Waals surface area contributed by atoms with Crippen LogP contribution in [-0.4, -0.2) is 32.0 Å². The average Bonchev–Trinajstić information content (AvgIpc) is 3.00. The molecule has 6 nitrogen and oxygen atoms in total. The zero-order valence-corrected chi connectivity index (χ0v) is 15.7. The van der Waals surface area contributed by atoms with Crippen molar-refractivity contribution in [2.75, 3.05) is 6.54 Å². The SMILES string of the molecule is Cc1nn(CC(=O)NCCCn2nc(C(F)(F)F)cc2C)c(C)c1Br. The van der Waals surface area contributed by atoms with E-state index in [1.807, 2.05) is 13.8 Å². The van der Waals surface area contributed by atoms with Crippen LogP contribution in [0.1, 0.15) is 29.2 Å². The van der Waals surface area contributed by atoms with Gasteiger partial charge in [0.05, 0.1) is 15.9 Å².